The van der Waals surface area contributed by atoms with Crippen LogP contribution in [0.4, 0.5) is 5.82 Å². The maximum Gasteiger partial charge on any atom is 0.408 e. The molecule has 2 aromatic heterocycles. The number of hydrogen-bond donors (Lipinski definition) is 2. The van der Waals surface area contributed by atoms with E-state index in [0.717, 1.165) is 30.8 Å². The molecule has 3 rings (SSSR count). The molecule has 0 saturated carbocycles. The average molecular weight is 340 g/mol. The van der Waals surface area contributed by atoms with E-state index in [-0.39, 0.29) is 0 Å². The third-order valence-corrected chi connectivity index (χ3v) is 4.81. The second-order valence-electron chi connectivity index (χ2n) is 5.76. The molecular weight excluding hydrogens is 319 g/mol. The third kappa shape index (κ3) is 4.07. The zero-order valence-corrected chi connectivity index (χ0v) is 14.8. The van der Waals surface area contributed by atoms with Gasteiger partial charge in [0.2, 0.25) is 0 Å². The van der Waals surface area contributed by atoms with Gasteiger partial charge in [0.1, 0.15) is 11.6 Å². The van der Waals surface area contributed by atoms with Crippen LogP contribution in [0.5, 0.6) is 5.75 Å². The topological polar surface area (TPSA) is 54.4 Å². The molecule has 4 nitrogen and oxygen atoms in total. The van der Waals surface area contributed by atoms with Gasteiger partial charge in [0.25, 0.3) is 0 Å². The van der Waals surface area contributed by atoms with E-state index in [1.165, 1.54) is 15.0 Å². The molecule has 124 valence electrons. The van der Waals surface area contributed by atoms with Crippen LogP contribution in [0.25, 0.3) is 20.5 Å². The fourth-order valence-electron chi connectivity index (χ4n) is 2.42. The zero-order chi connectivity index (χ0) is 16.9. The van der Waals surface area contributed by atoms with Gasteiger partial charge < -0.3 is 15.0 Å². The molecule has 0 amide bonds. The number of unbranched alkanes of at least 4 members (excludes halogenated alkanes) is 1. The van der Waals surface area contributed by atoms with Gasteiger partial charge in [-0.05, 0) is 55.0 Å². The van der Waals surface area contributed by atoms with E-state index in [0.29, 0.717) is 5.82 Å². The zero-order valence-electron chi connectivity index (χ0n) is 14.0. The monoisotopic (exact) mass is 340 g/mol. The number of fused-ring (bicyclic) bond motifs is 1. The molecule has 0 atom stereocenters. The van der Waals surface area contributed by atoms with Gasteiger partial charge in [-0.15, -0.1) is 11.3 Å². The fourth-order valence-corrected chi connectivity index (χ4v) is 3.50. The SMILES string of the molecule is CCCCOc1ccc2cc(-c3ccc(NB(C)O)nc3)sc2c1. The summed E-state index contributed by atoms with van der Waals surface area (Å²) in [6.07, 6.45) is 4.04. The summed E-state index contributed by atoms with van der Waals surface area (Å²) in [4.78, 5) is 5.52. The summed E-state index contributed by atoms with van der Waals surface area (Å²) >= 11 is 1.73. The van der Waals surface area contributed by atoms with Gasteiger partial charge in [0.15, 0.2) is 0 Å². The first-order valence-corrected chi connectivity index (χ1v) is 9.05. The Labute approximate surface area is 146 Å². The predicted molar refractivity (Wildman–Crippen MR) is 103 cm³/mol. The van der Waals surface area contributed by atoms with Crippen molar-refractivity contribution in [2.24, 2.45) is 0 Å². The number of rotatable bonds is 7. The first-order valence-electron chi connectivity index (χ1n) is 8.23. The highest BCUT2D eigenvalue weighted by Crippen LogP contribution is 2.35. The lowest BCUT2D eigenvalue weighted by molar-refractivity contribution is 0.310. The Hall–Kier alpha value is -2.05. The van der Waals surface area contributed by atoms with Crippen molar-refractivity contribution >= 4 is 34.3 Å². The maximum atomic E-state index is 9.33. The van der Waals surface area contributed by atoms with Crippen LogP contribution < -0.4 is 9.96 Å². The summed E-state index contributed by atoms with van der Waals surface area (Å²) in [5.41, 5.74) is 1.07. The van der Waals surface area contributed by atoms with E-state index in [1.54, 1.807) is 18.2 Å². The van der Waals surface area contributed by atoms with E-state index in [2.05, 4.69) is 35.3 Å². The number of pyridine rings is 1. The van der Waals surface area contributed by atoms with Crippen molar-refractivity contribution in [3.05, 3.63) is 42.6 Å². The van der Waals surface area contributed by atoms with Crippen LogP contribution in [0, 0.1) is 0 Å². The molecule has 1 aromatic carbocycles. The highest BCUT2D eigenvalue weighted by atomic mass is 32.1. The van der Waals surface area contributed by atoms with Crippen molar-refractivity contribution < 1.29 is 9.76 Å². The molecule has 0 aliphatic carbocycles. The van der Waals surface area contributed by atoms with Gasteiger partial charge in [-0.1, -0.05) is 13.3 Å². The second-order valence-corrected chi connectivity index (χ2v) is 6.85. The minimum absolute atomic E-state index is 0.612. The average Bonchev–Trinajstić information content (AvgIpc) is 2.98. The standard InChI is InChI=1S/C18H21BN2O2S/c1-3-4-9-23-15-7-5-13-10-16(24-17(13)11-15)14-6-8-18(20-12-14)21-19(2)22/h5-8,10-12,22H,3-4,9H2,1-2H3,(H,20,21). The Morgan fingerprint density at radius 2 is 2.12 bits per heavy atom. The Kier molecular flexibility index (Phi) is 5.38. The number of thiophene rings is 1. The Morgan fingerprint density at radius 1 is 1.25 bits per heavy atom. The van der Waals surface area contributed by atoms with Crippen molar-refractivity contribution in [2.75, 3.05) is 11.8 Å². The number of aromatic nitrogens is 1. The molecule has 2 heterocycles. The van der Waals surface area contributed by atoms with Crippen LogP contribution in [0.2, 0.25) is 6.82 Å². The molecule has 2 N–H and O–H groups in total. The van der Waals surface area contributed by atoms with Gasteiger partial charge in [-0.25, -0.2) is 4.98 Å². The quantitative estimate of drug-likeness (QED) is 0.485. The highest BCUT2D eigenvalue weighted by molar-refractivity contribution is 7.22. The summed E-state index contributed by atoms with van der Waals surface area (Å²) < 4.78 is 7.00. The number of hydrogen-bond acceptors (Lipinski definition) is 5. The summed E-state index contributed by atoms with van der Waals surface area (Å²) in [5.74, 6) is 1.60. The van der Waals surface area contributed by atoms with Crippen molar-refractivity contribution in [3.8, 4) is 16.2 Å². The van der Waals surface area contributed by atoms with Crippen LogP contribution in [0.15, 0.2) is 42.6 Å². The summed E-state index contributed by atoms with van der Waals surface area (Å²) in [7, 11) is -0.612. The molecule has 0 radical (unpaired) electrons. The second kappa shape index (κ2) is 7.68. The molecule has 0 aliphatic rings. The van der Waals surface area contributed by atoms with Crippen molar-refractivity contribution in [1.29, 1.82) is 0 Å². The third-order valence-electron chi connectivity index (χ3n) is 3.66. The lowest BCUT2D eigenvalue weighted by Gasteiger charge is -2.05. The highest BCUT2D eigenvalue weighted by Gasteiger charge is 2.08. The molecule has 0 aliphatic heterocycles. The molecule has 0 spiro atoms. The van der Waals surface area contributed by atoms with E-state index >= 15 is 0 Å². The molecule has 0 bridgehead atoms. The Morgan fingerprint density at radius 3 is 2.83 bits per heavy atom. The van der Waals surface area contributed by atoms with Crippen LogP contribution in [0.1, 0.15) is 19.8 Å². The molecule has 24 heavy (non-hydrogen) atoms. The Balaban J connectivity index is 1.79. The molecular formula is C18H21BN2O2S. The number of nitrogens with one attached hydrogen (secondary N) is 1. The van der Waals surface area contributed by atoms with Crippen molar-refractivity contribution in [2.45, 2.75) is 26.6 Å². The minimum Gasteiger partial charge on any atom is -0.494 e. The first kappa shape index (κ1) is 16.8. The van der Waals surface area contributed by atoms with Gasteiger partial charge in [0, 0.05) is 21.3 Å². The molecule has 6 heteroatoms. The fraction of sp³-hybridized carbons (Fsp3) is 0.278. The summed E-state index contributed by atoms with van der Waals surface area (Å²) in [6.45, 7) is 4.60. The number of nitrogens with zero attached hydrogens (tertiary/aromatic N) is 1. The van der Waals surface area contributed by atoms with Crippen molar-refractivity contribution in [3.63, 3.8) is 0 Å². The Bertz CT molecular complexity index is 802. The van der Waals surface area contributed by atoms with E-state index in [1.807, 2.05) is 24.4 Å². The van der Waals surface area contributed by atoms with Crippen LogP contribution in [0.3, 0.4) is 0 Å². The van der Waals surface area contributed by atoms with E-state index in [9.17, 15) is 5.02 Å². The molecule has 3 aromatic rings. The predicted octanol–water partition coefficient (Wildman–Crippen LogP) is 4.66. The lowest BCUT2D eigenvalue weighted by Crippen LogP contribution is -2.20. The van der Waals surface area contributed by atoms with Gasteiger partial charge in [0.05, 0.1) is 6.61 Å². The lowest BCUT2D eigenvalue weighted by atomic mass is 9.89. The van der Waals surface area contributed by atoms with Crippen LogP contribution >= 0.6 is 11.3 Å². The van der Waals surface area contributed by atoms with Crippen molar-refractivity contribution in [1.82, 2.24) is 4.98 Å². The molecule has 0 unspecified atom stereocenters. The first-order chi connectivity index (χ1) is 11.7. The van der Waals surface area contributed by atoms with E-state index in [4.69, 9.17) is 4.74 Å². The van der Waals surface area contributed by atoms with Crippen LogP contribution in [-0.2, 0) is 0 Å². The van der Waals surface area contributed by atoms with Gasteiger partial charge in [-0.3, -0.25) is 0 Å². The van der Waals surface area contributed by atoms with E-state index < -0.39 is 7.05 Å². The minimum atomic E-state index is -0.612. The summed E-state index contributed by atoms with van der Waals surface area (Å²) in [5, 5.41) is 13.4. The molecule has 0 saturated heterocycles. The largest absolute Gasteiger partial charge is 0.494 e. The smallest absolute Gasteiger partial charge is 0.408 e. The van der Waals surface area contributed by atoms with Gasteiger partial charge in [-0.2, -0.15) is 0 Å². The summed E-state index contributed by atoms with van der Waals surface area (Å²) in [6, 6.07) is 12.3. The number of ether oxygens (including phenoxy) is 1. The maximum absolute atomic E-state index is 9.33. The number of benzene rings is 1. The normalized spacial score (nSPS) is 10.8. The number of anilines is 1. The molecule has 0 fully saturated rings. The van der Waals surface area contributed by atoms with Crippen LogP contribution in [-0.4, -0.2) is 23.7 Å². The van der Waals surface area contributed by atoms with Gasteiger partial charge >= 0.3 is 7.05 Å².